The Labute approximate surface area is 125 Å². The molecule has 5 nitrogen and oxygen atoms in total. The van der Waals surface area contributed by atoms with Crippen LogP contribution in [0.2, 0.25) is 0 Å². The van der Waals surface area contributed by atoms with Crippen molar-refractivity contribution in [2.75, 3.05) is 18.6 Å². The molecule has 0 aromatic carbocycles. The number of amides is 2. The van der Waals surface area contributed by atoms with E-state index in [1.165, 1.54) is 0 Å². The summed E-state index contributed by atoms with van der Waals surface area (Å²) >= 11 is 1.66. The first-order valence-electron chi connectivity index (χ1n) is 6.32. The first kappa shape index (κ1) is 18.5. The average Bonchev–Trinajstić information content (AvgIpc) is 2.68. The number of thioether (sulfide) groups is 1. The van der Waals surface area contributed by atoms with E-state index >= 15 is 0 Å². The van der Waals surface area contributed by atoms with E-state index in [-0.39, 0.29) is 36.3 Å². The maximum absolute atomic E-state index is 12.0. The number of carbonyl (C=O) groups is 2. The van der Waals surface area contributed by atoms with E-state index in [0.717, 1.165) is 5.75 Å². The number of likely N-dealkylation sites (tertiary alicyclic amines) is 1. The first-order chi connectivity index (χ1) is 8.47. The lowest BCUT2D eigenvalue weighted by Crippen LogP contribution is -2.49. The molecule has 1 heterocycles. The number of nitrogens with zero attached hydrogens (tertiary/aromatic N) is 1. The van der Waals surface area contributed by atoms with Gasteiger partial charge in [0.25, 0.3) is 0 Å². The van der Waals surface area contributed by atoms with Crippen molar-refractivity contribution in [3.8, 4) is 0 Å². The van der Waals surface area contributed by atoms with Gasteiger partial charge in [-0.1, -0.05) is 0 Å². The zero-order chi connectivity index (χ0) is 13.7. The highest BCUT2D eigenvalue weighted by Gasteiger charge is 2.34. The summed E-state index contributed by atoms with van der Waals surface area (Å²) in [6, 6.07) is -0.719. The predicted octanol–water partition coefficient (Wildman–Crippen LogP) is 0.614. The Bertz CT molecular complexity index is 315. The number of nitrogens with two attached hydrogens (primary N) is 1. The SMILES string of the molecule is CSCC[C@H](N)C(=O)NC1CCN(C(C)C)C1=O.Cl. The molecule has 0 saturated carbocycles. The number of nitrogens with one attached hydrogen (secondary N) is 1. The molecule has 1 saturated heterocycles. The summed E-state index contributed by atoms with van der Waals surface area (Å²) in [4.78, 5) is 25.6. The van der Waals surface area contributed by atoms with Gasteiger partial charge in [0.15, 0.2) is 0 Å². The Kier molecular flexibility index (Phi) is 8.45. The van der Waals surface area contributed by atoms with E-state index in [2.05, 4.69) is 5.32 Å². The Morgan fingerprint density at radius 1 is 1.58 bits per heavy atom. The minimum absolute atomic E-state index is 0. The average molecular weight is 310 g/mol. The van der Waals surface area contributed by atoms with Crippen LogP contribution in [0.15, 0.2) is 0 Å². The van der Waals surface area contributed by atoms with Crippen LogP contribution in [0, 0.1) is 0 Å². The summed E-state index contributed by atoms with van der Waals surface area (Å²) < 4.78 is 0. The molecule has 0 spiro atoms. The smallest absolute Gasteiger partial charge is 0.245 e. The van der Waals surface area contributed by atoms with Gasteiger partial charge >= 0.3 is 0 Å². The van der Waals surface area contributed by atoms with Crippen LogP contribution in [0.3, 0.4) is 0 Å². The summed E-state index contributed by atoms with van der Waals surface area (Å²) in [5.74, 6) is 0.647. The summed E-state index contributed by atoms with van der Waals surface area (Å²) in [5, 5.41) is 2.76. The molecule has 0 aromatic rings. The summed E-state index contributed by atoms with van der Waals surface area (Å²) in [7, 11) is 0. The Hall–Kier alpha value is -0.460. The summed E-state index contributed by atoms with van der Waals surface area (Å²) in [6.07, 6.45) is 3.30. The van der Waals surface area contributed by atoms with Crippen molar-refractivity contribution in [1.82, 2.24) is 10.2 Å². The van der Waals surface area contributed by atoms with Crippen LogP contribution in [-0.4, -0.2) is 53.4 Å². The van der Waals surface area contributed by atoms with Crippen LogP contribution < -0.4 is 11.1 Å². The third-order valence-corrected chi connectivity index (χ3v) is 3.79. The van der Waals surface area contributed by atoms with Crippen molar-refractivity contribution in [3.63, 3.8) is 0 Å². The first-order valence-corrected chi connectivity index (χ1v) is 7.72. The third-order valence-electron chi connectivity index (χ3n) is 3.15. The molecule has 0 aliphatic carbocycles. The van der Waals surface area contributed by atoms with Gasteiger partial charge in [0.2, 0.25) is 11.8 Å². The van der Waals surface area contributed by atoms with Crippen LogP contribution in [0.5, 0.6) is 0 Å². The standard InChI is InChI=1S/C12H23N3O2S.ClH/c1-8(2)15-6-4-10(12(15)17)14-11(16)9(13)5-7-18-3;/h8-10H,4-7,13H2,1-3H3,(H,14,16);1H/t9-,10?;/m0./s1. The fourth-order valence-corrected chi connectivity index (χ4v) is 2.49. The largest absolute Gasteiger partial charge is 0.343 e. The van der Waals surface area contributed by atoms with Gasteiger partial charge in [0, 0.05) is 12.6 Å². The maximum Gasteiger partial charge on any atom is 0.245 e. The molecule has 1 aliphatic heterocycles. The van der Waals surface area contributed by atoms with Gasteiger partial charge in [0.05, 0.1) is 6.04 Å². The highest BCUT2D eigenvalue weighted by Crippen LogP contribution is 2.14. The molecular weight excluding hydrogens is 286 g/mol. The van der Waals surface area contributed by atoms with Gasteiger partial charge in [-0.3, -0.25) is 9.59 Å². The molecule has 3 N–H and O–H groups in total. The molecule has 7 heteroatoms. The topological polar surface area (TPSA) is 75.4 Å². The van der Waals surface area contributed by atoms with Gasteiger partial charge < -0.3 is 16.0 Å². The van der Waals surface area contributed by atoms with E-state index in [4.69, 9.17) is 5.73 Å². The fourth-order valence-electron chi connectivity index (χ4n) is 2.00. The van der Waals surface area contributed by atoms with Gasteiger partial charge in [0.1, 0.15) is 6.04 Å². The lowest BCUT2D eigenvalue weighted by molar-refractivity contribution is -0.134. The van der Waals surface area contributed by atoms with E-state index in [0.29, 0.717) is 19.4 Å². The number of hydrogen-bond acceptors (Lipinski definition) is 4. The number of hydrogen-bond donors (Lipinski definition) is 2. The molecule has 19 heavy (non-hydrogen) atoms. The van der Waals surface area contributed by atoms with Crippen molar-refractivity contribution in [1.29, 1.82) is 0 Å². The lowest BCUT2D eigenvalue weighted by Gasteiger charge is -2.21. The van der Waals surface area contributed by atoms with Crippen LogP contribution in [0.1, 0.15) is 26.7 Å². The van der Waals surface area contributed by atoms with Gasteiger partial charge in [-0.05, 0) is 38.7 Å². The molecule has 1 aliphatic rings. The van der Waals surface area contributed by atoms with E-state index < -0.39 is 6.04 Å². The molecule has 1 rings (SSSR count). The maximum atomic E-state index is 12.0. The van der Waals surface area contributed by atoms with E-state index in [1.54, 1.807) is 16.7 Å². The molecule has 112 valence electrons. The molecule has 0 aromatic heterocycles. The minimum atomic E-state index is -0.515. The molecule has 2 amide bonds. The highest BCUT2D eigenvalue weighted by atomic mass is 35.5. The van der Waals surface area contributed by atoms with Gasteiger partial charge in [-0.25, -0.2) is 0 Å². The summed E-state index contributed by atoms with van der Waals surface area (Å²) in [5.41, 5.74) is 5.77. The van der Waals surface area contributed by atoms with Gasteiger partial charge in [-0.15, -0.1) is 12.4 Å². The van der Waals surface area contributed by atoms with Gasteiger partial charge in [-0.2, -0.15) is 11.8 Å². The third kappa shape index (κ3) is 5.20. The molecular formula is C12H24ClN3O2S. The zero-order valence-corrected chi connectivity index (χ0v) is 13.4. The zero-order valence-electron chi connectivity index (χ0n) is 11.7. The molecule has 0 radical (unpaired) electrons. The van der Waals surface area contributed by atoms with Crippen molar-refractivity contribution in [2.24, 2.45) is 5.73 Å². The second kappa shape index (κ2) is 8.66. The lowest BCUT2D eigenvalue weighted by atomic mass is 10.2. The molecule has 2 atom stereocenters. The van der Waals surface area contributed by atoms with Crippen LogP contribution in [0.4, 0.5) is 0 Å². The second-order valence-electron chi connectivity index (χ2n) is 4.86. The monoisotopic (exact) mass is 309 g/mol. The Morgan fingerprint density at radius 3 is 2.68 bits per heavy atom. The molecule has 1 unspecified atom stereocenters. The highest BCUT2D eigenvalue weighted by molar-refractivity contribution is 7.98. The van der Waals surface area contributed by atoms with Crippen LogP contribution >= 0.6 is 24.2 Å². The second-order valence-corrected chi connectivity index (χ2v) is 5.85. The van der Waals surface area contributed by atoms with E-state index in [9.17, 15) is 9.59 Å². The number of rotatable bonds is 6. The minimum Gasteiger partial charge on any atom is -0.343 e. The Balaban J connectivity index is 0.00000324. The van der Waals surface area contributed by atoms with E-state index in [1.807, 2.05) is 20.1 Å². The fraction of sp³-hybridized carbons (Fsp3) is 0.833. The quantitative estimate of drug-likeness (QED) is 0.754. The van der Waals surface area contributed by atoms with Crippen molar-refractivity contribution in [2.45, 2.75) is 44.8 Å². The summed E-state index contributed by atoms with van der Waals surface area (Å²) in [6.45, 7) is 4.67. The molecule has 1 fully saturated rings. The predicted molar refractivity (Wildman–Crippen MR) is 81.6 cm³/mol. The van der Waals surface area contributed by atoms with Crippen molar-refractivity contribution >= 4 is 36.0 Å². The van der Waals surface area contributed by atoms with Crippen molar-refractivity contribution < 1.29 is 9.59 Å². The number of halogens is 1. The Morgan fingerprint density at radius 2 is 2.21 bits per heavy atom. The number of carbonyl (C=O) groups excluding carboxylic acids is 2. The van der Waals surface area contributed by atoms with Crippen molar-refractivity contribution in [3.05, 3.63) is 0 Å². The van der Waals surface area contributed by atoms with Crippen LogP contribution in [0.25, 0.3) is 0 Å². The molecule has 0 bridgehead atoms. The van der Waals surface area contributed by atoms with Crippen LogP contribution in [-0.2, 0) is 9.59 Å². The normalized spacial score (nSPS) is 20.4.